The molecular weight excluding hydrogens is 102 g/mol. The van der Waals surface area contributed by atoms with Crippen LogP contribution in [0.4, 0.5) is 0 Å². The molecule has 0 saturated heterocycles. The summed E-state index contributed by atoms with van der Waals surface area (Å²) in [7, 11) is 0. The molecule has 0 aromatic rings. The average molecular weight is 116 g/mol. The summed E-state index contributed by atoms with van der Waals surface area (Å²) in [5.74, 6) is 0. The second-order valence-electron chi connectivity index (χ2n) is 1.44. The minimum absolute atomic E-state index is 0.806. The first-order chi connectivity index (χ1) is 3.91. The number of nitrogens with one attached hydrogen (secondary N) is 1. The van der Waals surface area contributed by atoms with Crippen LogP contribution in [0.1, 0.15) is 13.8 Å². The summed E-state index contributed by atoms with van der Waals surface area (Å²) < 4.78 is 5.05. The smallest absolute Gasteiger partial charge is 0.0590 e. The Balaban J connectivity index is 2.53. The van der Waals surface area contributed by atoms with E-state index >= 15 is 0 Å². The van der Waals surface area contributed by atoms with Gasteiger partial charge in [-0.05, 0) is 13.8 Å². The molecule has 0 aliphatic rings. The van der Waals surface area contributed by atoms with Crippen molar-refractivity contribution in [2.24, 2.45) is 0 Å². The third-order valence-electron chi connectivity index (χ3n) is 0.799. The summed E-state index contributed by atoms with van der Waals surface area (Å²) >= 11 is 0. The Hall–Kier alpha value is -0.0800. The lowest BCUT2D eigenvalue weighted by atomic mass is 10.6. The van der Waals surface area contributed by atoms with Crippen LogP contribution in [0.3, 0.4) is 0 Å². The SMILES string of the molecule is C[CH]NCCOCC. The van der Waals surface area contributed by atoms with Gasteiger partial charge in [-0.1, -0.05) is 0 Å². The summed E-state index contributed by atoms with van der Waals surface area (Å²) in [5.41, 5.74) is 0. The molecule has 2 nitrogen and oxygen atoms in total. The van der Waals surface area contributed by atoms with Crippen LogP contribution in [0.25, 0.3) is 0 Å². The van der Waals surface area contributed by atoms with Crippen LogP contribution in [0.15, 0.2) is 0 Å². The molecule has 0 aromatic carbocycles. The van der Waals surface area contributed by atoms with Gasteiger partial charge in [-0.2, -0.15) is 0 Å². The fourth-order valence-electron chi connectivity index (χ4n) is 0.420. The van der Waals surface area contributed by atoms with Gasteiger partial charge < -0.3 is 10.1 Å². The molecule has 0 fully saturated rings. The second-order valence-corrected chi connectivity index (χ2v) is 1.44. The molecule has 49 valence electrons. The number of rotatable bonds is 5. The molecule has 0 bridgehead atoms. The van der Waals surface area contributed by atoms with E-state index in [1.807, 2.05) is 20.4 Å². The van der Waals surface area contributed by atoms with Crippen LogP contribution in [0.2, 0.25) is 0 Å². The van der Waals surface area contributed by atoms with Gasteiger partial charge in [-0.25, -0.2) is 0 Å². The van der Waals surface area contributed by atoms with Crippen molar-refractivity contribution in [3.8, 4) is 0 Å². The molecule has 8 heavy (non-hydrogen) atoms. The molecule has 0 aliphatic heterocycles. The second kappa shape index (κ2) is 6.92. The average Bonchev–Trinajstić information content (AvgIpc) is 1.81. The van der Waals surface area contributed by atoms with Gasteiger partial charge in [-0.15, -0.1) is 0 Å². The van der Waals surface area contributed by atoms with E-state index in [1.165, 1.54) is 0 Å². The highest BCUT2D eigenvalue weighted by Gasteiger charge is 1.80. The molecule has 2 heteroatoms. The first kappa shape index (κ1) is 7.92. The maximum absolute atomic E-state index is 5.05. The van der Waals surface area contributed by atoms with Crippen molar-refractivity contribution >= 4 is 0 Å². The lowest BCUT2D eigenvalue weighted by molar-refractivity contribution is 0.151. The topological polar surface area (TPSA) is 21.3 Å². The van der Waals surface area contributed by atoms with Crippen molar-refractivity contribution in [1.82, 2.24) is 5.32 Å². The van der Waals surface area contributed by atoms with Crippen LogP contribution < -0.4 is 5.32 Å². The van der Waals surface area contributed by atoms with Gasteiger partial charge in [0.05, 0.1) is 6.61 Å². The van der Waals surface area contributed by atoms with Gasteiger partial charge in [-0.3, -0.25) is 0 Å². The Bertz CT molecular complexity index is 33.5. The van der Waals surface area contributed by atoms with Gasteiger partial charge >= 0.3 is 0 Å². The zero-order chi connectivity index (χ0) is 6.24. The van der Waals surface area contributed by atoms with Crippen molar-refractivity contribution in [1.29, 1.82) is 0 Å². The summed E-state index contributed by atoms with van der Waals surface area (Å²) in [5, 5.41) is 3.03. The van der Waals surface area contributed by atoms with Gasteiger partial charge in [0.2, 0.25) is 0 Å². The van der Waals surface area contributed by atoms with E-state index in [0.717, 1.165) is 19.8 Å². The fourth-order valence-corrected chi connectivity index (χ4v) is 0.420. The molecule has 0 amide bonds. The van der Waals surface area contributed by atoms with Gasteiger partial charge in [0, 0.05) is 19.7 Å². The summed E-state index contributed by atoms with van der Waals surface area (Å²) in [6.07, 6.45) is 0. The molecule has 1 radical (unpaired) electrons. The zero-order valence-corrected chi connectivity index (χ0v) is 5.61. The predicted octanol–water partition coefficient (Wildman–Crippen LogP) is 0.794. The lowest BCUT2D eigenvalue weighted by Crippen LogP contribution is -2.15. The Labute approximate surface area is 51.2 Å². The molecule has 0 unspecified atom stereocenters. The molecule has 0 spiro atoms. The van der Waals surface area contributed by atoms with Crippen LogP contribution in [-0.2, 0) is 4.74 Å². The fraction of sp³-hybridized carbons (Fsp3) is 0.833. The Kier molecular flexibility index (Phi) is 6.85. The Morgan fingerprint density at radius 2 is 2.38 bits per heavy atom. The molecule has 0 rings (SSSR count). The number of hydrogen-bond donors (Lipinski definition) is 1. The van der Waals surface area contributed by atoms with E-state index in [1.54, 1.807) is 0 Å². The molecule has 0 saturated carbocycles. The minimum atomic E-state index is 0.806. The third-order valence-corrected chi connectivity index (χ3v) is 0.799. The normalized spacial score (nSPS) is 9.75. The number of hydrogen-bond acceptors (Lipinski definition) is 2. The van der Waals surface area contributed by atoms with Crippen molar-refractivity contribution < 1.29 is 4.74 Å². The molecule has 0 aromatic heterocycles. The molecule has 0 heterocycles. The van der Waals surface area contributed by atoms with E-state index in [9.17, 15) is 0 Å². The van der Waals surface area contributed by atoms with Crippen LogP contribution in [0, 0.1) is 6.54 Å². The number of ether oxygens (including phenoxy) is 1. The van der Waals surface area contributed by atoms with Crippen LogP contribution >= 0.6 is 0 Å². The van der Waals surface area contributed by atoms with Crippen molar-refractivity contribution in [2.45, 2.75) is 13.8 Å². The van der Waals surface area contributed by atoms with E-state index in [-0.39, 0.29) is 0 Å². The van der Waals surface area contributed by atoms with E-state index in [4.69, 9.17) is 4.74 Å². The highest BCUT2D eigenvalue weighted by Crippen LogP contribution is 1.70. The maximum Gasteiger partial charge on any atom is 0.0590 e. The molecule has 0 atom stereocenters. The first-order valence-corrected chi connectivity index (χ1v) is 3.00. The zero-order valence-electron chi connectivity index (χ0n) is 5.61. The third kappa shape index (κ3) is 5.92. The summed E-state index contributed by atoms with van der Waals surface area (Å²) in [6.45, 7) is 8.41. The van der Waals surface area contributed by atoms with E-state index in [0.29, 0.717) is 0 Å². The van der Waals surface area contributed by atoms with Crippen molar-refractivity contribution in [3.63, 3.8) is 0 Å². The van der Waals surface area contributed by atoms with Crippen molar-refractivity contribution in [2.75, 3.05) is 19.8 Å². The Morgan fingerprint density at radius 3 is 2.88 bits per heavy atom. The minimum Gasteiger partial charge on any atom is -0.380 e. The molecular formula is C6H14NO. The van der Waals surface area contributed by atoms with E-state index in [2.05, 4.69) is 5.32 Å². The van der Waals surface area contributed by atoms with Gasteiger partial charge in [0.15, 0.2) is 0 Å². The monoisotopic (exact) mass is 116 g/mol. The summed E-state index contributed by atoms with van der Waals surface area (Å²) in [6, 6.07) is 0. The Morgan fingerprint density at radius 1 is 1.62 bits per heavy atom. The largest absolute Gasteiger partial charge is 0.380 e. The van der Waals surface area contributed by atoms with Gasteiger partial charge in [0.1, 0.15) is 0 Å². The van der Waals surface area contributed by atoms with Crippen LogP contribution in [0.5, 0.6) is 0 Å². The molecule has 0 aliphatic carbocycles. The maximum atomic E-state index is 5.05. The van der Waals surface area contributed by atoms with Gasteiger partial charge in [0.25, 0.3) is 0 Å². The summed E-state index contributed by atoms with van der Waals surface area (Å²) in [4.78, 5) is 0. The highest BCUT2D eigenvalue weighted by molar-refractivity contribution is 4.50. The first-order valence-electron chi connectivity index (χ1n) is 3.00. The lowest BCUT2D eigenvalue weighted by Gasteiger charge is -1.99. The van der Waals surface area contributed by atoms with Crippen LogP contribution in [-0.4, -0.2) is 19.8 Å². The quantitative estimate of drug-likeness (QED) is 0.536. The van der Waals surface area contributed by atoms with Crippen molar-refractivity contribution in [3.05, 3.63) is 6.54 Å². The predicted molar refractivity (Wildman–Crippen MR) is 34.5 cm³/mol. The molecule has 1 N–H and O–H groups in total. The standard InChI is InChI=1S/C6H14NO/c1-3-7-5-6-8-4-2/h3,7H,4-6H2,1-2H3. The highest BCUT2D eigenvalue weighted by atomic mass is 16.5. The van der Waals surface area contributed by atoms with E-state index < -0.39 is 0 Å².